The molecule has 2 amide bonds. The standard InChI is InChI=1S/C10H12N2O5S/c1-3-11-10(17)12-7-5(8(13)14)4(2)6(18-7)9(15)16/h3H2,1-2H3,(H,13,14)(H,15,16)(H2,11,12,17). The Morgan fingerprint density at radius 1 is 1.22 bits per heavy atom. The second-order valence-corrected chi connectivity index (χ2v) is 4.38. The van der Waals surface area contributed by atoms with Crippen molar-refractivity contribution in [3.63, 3.8) is 0 Å². The van der Waals surface area contributed by atoms with Crippen molar-refractivity contribution in [2.24, 2.45) is 0 Å². The Bertz CT molecular complexity index is 509. The zero-order valence-corrected chi connectivity index (χ0v) is 10.6. The highest BCUT2D eigenvalue weighted by molar-refractivity contribution is 7.18. The van der Waals surface area contributed by atoms with Gasteiger partial charge in [-0.05, 0) is 19.4 Å². The first-order valence-electron chi connectivity index (χ1n) is 5.03. The zero-order valence-electron chi connectivity index (χ0n) is 9.73. The van der Waals surface area contributed by atoms with E-state index in [1.54, 1.807) is 6.92 Å². The van der Waals surface area contributed by atoms with E-state index in [0.717, 1.165) is 11.3 Å². The van der Waals surface area contributed by atoms with E-state index in [4.69, 9.17) is 10.2 Å². The van der Waals surface area contributed by atoms with Crippen LogP contribution in [0.2, 0.25) is 0 Å². The molecule has 0 saturated heterocycles. The fourth-order valence-corrected chi connectivity index (χ4v) is 2.40. The second-order valence-electron chi connectivity index (χ2n) is 3.36. The van der Waals surface area contributed by atoms with Crippen molar-refractivity contribution in [3.8, 4) is 0 Å². The third-order valence-electron chi connectivity index (χ3n) is 2.12. The maximum absolute atomic E-state index is 11.3. The Hall–Kier alpha value is -2.09. The molecule has 4 N–H and O–H groups in total. The summed E-state index contributed by atoms with van der Waals surface area (Å²) in [5, 5.41) is 22.7. The van der Waals surface area contributed by atoms with Crippen LogP contribution < -0.4 is 10.6 Å². The van der Waals surface area contributed by atoms with E-state index in [-0.39, 0.29) is 21.0 Å². The van der Waals surface area contributed by atoms with E-state index in [2.05, 4.69) is 10.6 Å². The Morgan fingerprint density at radius 3 is 2.28 bits per heavy atom. The molecule has 0 radical (unpaired) electrons. The summed E-state index contributed by atoms with van der Waals surface area (Å²) in [5.41, 5.74) is -0.0598. The van der Waals surface area contributed by atoms with Crippen LogP contribution in [0.15, 0.2) is 0 Å². The maximum Gasteiger partial charge on any atom is 0.346 e. The van der Waals surface area contributed by atoms with Crippen molar-refractivity contribution < 1.29 is 24.6 Å². The van der Waals surface area contributed by atoms with Gasteiger partial charge in [0.2, 0.25) is 0 Å². The average Bonchev–Trinajstić information content (AvgIpc) is 2.55. The third kappa shape index (κ3) is 2.77. The minimum atomic E-state index is -1.27. The summed E-state index contributed by atoms with van der Waals surface area (Å²) in [6.07, 6.45) is 0. The van der Waals surface area contributed by atoms with E-state index in [9.17, 15) is 14.4 Å². The lowest BCUT2D eigenvalue weighted by molar-refractivity contribution is 0.0696. The SMILES string of the molecule is CCNC(=O)Nc1sc(C(=O)O)c(C)c1C(=O)O. The topological polar surface area (TPSA) is 116 Å². The van der Waals surface area contributed by atoms with E-state index < -0.39 is 18.0 Å². The number of thiophene rings is 1. The summed E-state index contributed by atoms with van der Waals surface area (Å²) in [6.45, 7) is 3.48. The van der Waals surface area contributed by atoms with Crippen LogP contribution in [-0.4, -0.2) is 34.7 Å². The zero-order chi connectivity index (χ0) is 13.9. The summed E-state index contributed by atoms with van der Waals surface area (Å²) in [5.74, 6) is -2.49. The second kappa shape index (κ2) is 5.50. The molecule has 1 aromatic heterocycles. The first-order valence-corrected chi connectivity index (χ1v) is 5.84. The minimum absolute atomic E-state index is 0.0170. The highest BCUT2D eigenvalue weighted by atomic mass is 32.1. The van der Waals surface area contributed by atoms with Crippen LogP contribution in [0.25, 0.3) is 0 Å². The predicted octanol–water partition coefficient (Wildman–Crippen LogP) is 1.59. The number of urea groups is 1. The van der Waals surface area contributed by atoms with Crippen LogP contribution >= 0.6 is 11.3 Å². The number of carboxylic acid groups (broad SMARTS) is 2. The number of rotatable bonds is 4. The minimum Gasteiger partial charge on any atom is -0.478 e. The summed E-state index contributed by atoms with van der Waals surface area (Å²) in [4.78, 5) is 33.2. The Kier molecular flexibility index (Phi) is 4.27. The average molecular weight is 272 g/mol. The number of aromatic carboxylic acids is 2. The van der Waals surface area contributed by atoms with Crippen molar-refractivity contribution in [3.05, 3.63) is 16.0 Å². The van der Waals surface area contributed by atoms with Gasteiger partial charge in [0.1, 0.15) is 9.88 Å². The summed E-state index contributed by atoms with van der Waals surface area (Å²) in [6, 6.07) is -0.571. The fraction of sp³-hybridized carbons (Fsp3) is 0.300. The molecule has 0 aliphatic heterocycles. The maximum atomic E-state index is 11.3. The number of carbonyl (C=O) groups is 3. The van der Waals surface area contributed by atoms with E-state index >= 15 is 0 Å². The Labute approximate surface area is 106 Å². The molecule has 0 saturated carbocycles. The third-order valence-corrected chi connectivity index (χ3v) is 3.31. The fourth-order valence-electron chi connectivity index (χ4n) is 1.37. The molecule has 0 aromatic carbocycles. The lowest BCUT2D eigenvalue weighted by atomic mass is 10.1. The van der Waals surface area contributed by atoms with Crippen LogP contribution in [0, 0.1) is 6.92 Å². The Morgan fingerprint density at radius 2 is 1.83 bits per heavy atom. The molecule has 0 bridgehead atoms. The predicted molar refractivity (Wildman–Crippen MR) is 65.7 cm³/mol. The first kappa shape index (κ1) is 14.0. The molecule has 8 heteroatoms. The van der Waals surface area contributed by atoms with Crippen molar-refractivity contribution in [1.82, 2.24) is 5.32 Å². The molecule has 18 heavy (non-hydrogen) atoms. The molecular weight excluding hydrogens is 260 g/mol. The van der Waals surface area contributed by atoms with Crippen molar-refractivity contribution in [1.29, 1.82) is 0 Å². The summed E-state index contributed by atoms with van der Waals surface area (Å²) in [7, 11) is 0. The molecule has 1 rings (SSSR count). The van der Waals surface area contributed by atoms with Crippen molar-refractivity contribution in [2.75, 3.05) is 11.9 Å². The van der Waals surface area contributed by atoms with E-state index in [0.29, 0.717) is 6.54 Å². The van der Waals surface area contributed by atoms with Crippen LogP contribution in [-0.2, 0) is 0 Å². The number of nitrogens with one attached hydrogen (secondary N) is 2. The number of amides is 2. The van der Waals surface area contributed by atoms with Gasteiger partial charge in [-0.2, -0.15) is 0 Å². The smallest absolute Gasteiger partial charge is 0.346 e. The number of hydrogen-bond acceptors (Lipinski definition) is 4. The lowest BCUT2D eigenvalue weighted by Gasteiger charge is -2.04. The summed E-state index contributed by atoms with van der Waals surface area (Å²) < 4.78 is 0. The highest BCUT2D eigenvalue weighted by Crippen LogP contribution is 2.32. The van der Waals surface area contributed by atoms with Gasteiger partial charge in [0.25, 0.3) is 0 Å². The molecule has 0 unspecified atom stereocenters. The van der Waals surface area contributed by atoms with Gasteiger partial charge in [0, 0.05) is 6.54 Å². The number of carbonyl (C=O) groups excluding carboxylic acids is 1. The molecule has 0 atom stereocenters. The lowest BCUT2D eigenvalue weighted by Crippen LogP contribution is -2.28. The van der Waals surface area contributed by atoms with E-state index in [1.165, 1.54) is 6.92 Å². The van der Waals surface area contributed by atoms with Gasteiger partial charge in [0.15, 0.2) is 0 Å². The van der Waals surface area contributed by atoms with Gasteiger partial charge >= 0.3 is 18.0 Å². The molecule has 0 aliphatic carbocycles. The number of carboxylic acids is 2. The molecule has 0 fully saturated rings. The monoisotopic (exact) mass is 272 g/mol. The number of hydrogen-bond donors (Lipinski definition) is 4. The molecule has 7 nitrogen and oxygen atoms in total. The van der Waals surface area contributed by atoms with Gasteiger partial charge in [-0.3, -0.25) is 5.32 Å². The van der Waals surface area contributed by atoms with Gasteiger partial charge < -0.3 is 15.5 Å². The molecular formula is C10H12N2O5S. The van der Waals surface area contributed by atoms with E-state index in [1.807, 2.05) is 0 Å². The molecule has 1 aromatic rings. The van der Waals surface area contributed by atoms with Crippen LogP contribution in [0.5, 0.6) is 0 Å². The van der Waals surface area contributed by atoms with Crippen molar-refractivity contribution in [2.45, 2.75) is 13.8 Å². The molecule has 0 aliphatic rings. The van der Waals surface area contributed by atoms with Crippen LogP contribution in [0.1, 0.15) is 32.5 Å². The molecule has 0 spiro atoms. The normalized spacial score (nSPS) is 9.89. The Balaban J connectivity index is 3.18. The van der Waals surface area contributed by atoms with Gasteiger partial charge in [-0.25, -0.2) is 14.4 Å². The molecule has 98 valence electrons. The van der Waals surface area contributed by atoms with Crippen LogP contribution in [0.3, 0.4) is 0 Å². The van der Waals surface area contributed by atoms with Gasteiger partial charge in [-0.15, -0.1) is 11.3 Å². The quantitative estimate of drug-likeness (QED) is 0.664. The largest absolute Gasteiger partial charge is 0.478 e. The highest BCUT2D eigenvalue weighted by Gasteiger charge is 2.24. The first-order chi connectivity index (χ1) is 8.38. The molecule has 1 heterocycles. The van der Waals surface area contributed by atoms with Gasteiger partial charge in [0.05, 0.1) is 5.56 Å². The van der Waals surface area contributed by atoms with Crippen LogP contribution in [0.4, 0.5) is 9.80 Å². The number of anilines is 1. The van der Waals surface area contributed by atoms with Gasteiger partial charge in [-0.1, -0.05) is 0 Å². The summed E-state index contributed by atoms with van der Waals surface area (Å²) >= 11 is 0.724. The van der Waals surface area contributed by atoms with Crippen molar-refractivity contribution >= 4 is 34.3 Å².